The van der Waals surface area contributed by atoms with Crippen LogP contribution in [0.1, 0.15) is 10.6 Å². The Morgan fingerprint density at radius 3 is 3.12 bits per heavy atom. The van der Waals surface area contributed by atoms with Gasteiger partial charge in [-0.1, -0.05) is 0 Å². The van der Waals surface area contributed by atoms with Crippen molar-refractivity contribution in [1.29, 1.82) is 0 Å². The predicted octanol–water partition coefficient (Wildman–Crippen LogP) is 1.34. The fourth-order valence-electron chi connectivity index (χ4n) is 1.18. The Hall–Kier alpha value is -2.37. The number of esters is 1. The van der Waals surface area contributed by atoms with E-state index in [0.717, 1.165) is 0 Å². The van der Waals surface area contributed by atoms with Crippen molar-refractivity contribution in [2.24, 2.45) is 0 Å². The lowest BCUT2D eigenvalue weighted by Gasteiger charge is -2.05. The number of rotatable bonds is 5. The molecular weight excluding hydrogens is 222 g/mol. The highest BCUT2D eigenvalue weighted by Crippen LogP contribution is 2.02. The van der Waals surface area contributed by atoms with Gasteiger partial charge in [0.15, 0.2) is 0 Å². The quantitative estimate of drug-likeness (QED) is 0.620. The number of carbonyl (C=O) groups excluding carboxylic acids is 1. The van der Waals surface area contributed by atoms with Gasteiger partial charge in [0.1, 0.15) is 18.8 Å². The summed E-state index contributed by atoms with van der Waals surface area (Å²) in [5.41, 5.74) is 0. The standard InChI is InChI=1S/C11H11N3O3/c15-11(9-2-1-6-16-9)17-7-5-13-10-3-4-12-8-14-10/h1-4,6,8H,5,7H2,(H,12,13,14). The van der Waals surface area contributed by atoms with Crippen molar-refractivity contribution in [3.63, 3.8) is 0 Å². The Balaban J connectivity index is 1.69. The molecule has 2 aromatic rings. The molecule has 2 rings (SSSR count). The molecule has 0 bridgehead atoms. The maximum Gasteiger partial charge on any atom is 0.374 e. The molecule has 0 fully saturated rings. The van der Waals surface area contributed by atoms with Crippen LogP contribution in [0, 0.1) is 0 Å². The number of nitrogens with one attached hydrogen (secondary N) is 1. The van der Waals surface area contributed by atoms with Crippen molar-refractivity contribution in [2.45, 2.75) is 0 Å². The second kappa shape index (κ2) is 5.64. The number of nitrogens with zero attached hydrogens (tertiary/aromatic N) is 2. The van der Waals surface area contributed by atoms with E-state index in [1.807, 2.05) is 0 Å². The normalized spacial score (nSPS) is 9.88. The van der Waals surface area contributed by atoms with Gasteiger partial charge in [-0.3, -0.25) is 0 Å². The number of carbonyl (C=O) groups is 1. The Morgan fingerprint density at radius 1 is 1.47 bits per heavy atom. The maximum atomic E-state index is 11.3. The van der Waals surface area contributed by atoms with Crippen LogP contribution in [0.2, 0.25) is 0 Å². The smallest absolute Gasteiger partial charge is 0.374 e. The van der Waals surface area contributed by atoms with Gasteiger partial charge in [0, 0.05) is 6.20 Å². The van der Waals surface area contributed by atoms with Gasteiger partial charge in [-0.05, 0) is 18.2 Å². The molecule has 0 spiro atoms. The lowest BCUT2D eigenvalue weighted by molar-refractivity contribution is 0.0484. The van der Waals surface area contributed by atoms with E-state index >= 15 is 0 Å². The number of aromatic nitrogens is 2. The average Bonchev–Trinajstić information content (AvgIpc) is 2.89. The summed E-state index contributed by atoms with van der Waals surface area (Å²) in [6, 6.07) is 4.92. The Bertz CT molecular complexity index is 456. The van der Waals surface area contributed by atoms with Crippen LogP contribution in [0.5, 0.6) is 0 Å². The topological polar surface area (TPSA) is 77.2 Å². The molecule has 88 valence electrons. The van der Waals surface area contributed by atoms with Crippen LogP contribution in [0.3, 0.4) is 0 Å². The minimum absolute atomic E-state index is 0.201. The van der Waals surface area contributed by atoms with Crippen LogP contribution in [-0.4, -0.2) is 29.1 Å². The highest BCUT2D eigenvalue weighted by Gasteiger charge is 2.08. The fourth-order valence-corrected chi connectivity index (χ4v) is 1.18. The SMILES string of the molecule is O=C(OCCNc1ccncn1)c1ccco1. The first-order valence-corrected chi connectivity index (χ1v) is 5.07. The zero-order valence-electron chi connectivity index (χ0n) is 9.00. The third kappa shape index (κ3) is 3.30. The van der Waals surface area contributed by atoms with E-state index in [9.17, 15) is 4.79 Å². The molecule has 1 N–H and O–H groups in total. The largest absolute Gasteiger partial charge is 0.458 e. The van der Waals surface area contributed by atoms with Crippen LogP contribution in [-0.2, 0) is 4.74 Å². The first kappa shape index (κ1) is 11.1. The number of ether oxygens (including phenoxy) is 1. The average molecular weight is 233 g/mol. The van der Waals surface area contributed by atoms with E-state index in [4.69, 9.17) is 9.15 Å². The van der Waals surface area contributed by atoms with Gasteiger partial charge >= 0.3 is 5.97 Å². The molecule has 0 aromatic carbocycles. The Morgan fingerprint density at radius 2 is 2.41 bits per heavy atom. The summed E-state index contributed by atoms with van der Waals surface area (Å²) in [6.07, 6.45) is 4.50. The summed E-state index contributed by atoms with van der Waals surface area (Å²) in [6.45, 7) is 0.715. The zero-order valence-corrected chi connectivity index (χ0v) is 9.00. The van der Waals surface area contributed by atoms with Gasteiger partial charge in [0.05, 0.1) is 12.8 Å². The minimum Gasteiger partial charge on any atom is -0.458 e. The fraction of sp³-hybridized carbons (Fsp3) is 0.182. The summed E-state index contributed by atoms with van der Waals surface area (Å²) in [5.74, 6) is 0.417. The van der Waals surface area contributed by atoms with Crippen LogP contribution < -0.4 is 5.32 Å². The molecule has 0 amide bonds. The first-order chi connectivity index (χ1) is 8.36. The predicted molar refractivity (Wildman–Crippen MR) is 59.5 cm³/mol. The summed E-state index contributed by atoms with van der Waals surface area (Å²) in [4.78, 5) is 19.1. The minimum atomic E-state index is -0.473. The van der Waals surface area contributed by atoms with E-state index in [2.05, 4.69) is 15.3 Å². The molecule has 0 radical (unpaired) electrons. The van der Waals surface area contributed by atoms with E-state index in [1.54, 1.807) is 24.4 Å². The molecule has 17 heavy (non-hydrogen) atoms. The molecule has 0 aliphatic rings. The van der Waals surface area contributed by atoms with Crippen molar-refractivity contribution in [1.82, 2.24) is 9.97 Å². The Labute approximate surface area is 97.6 Å². The van der Waals surface area contributed by atoms with E-state index < -0.39 is 5.97 Å². The first-order valence-electron chi connectivity index (χ1n) is 5.07. The number of hydrogen-bond acceptors (Lipinski definition) is 6. The van der Waals surface area contributed by atoms with Crippen LogP contribution >= 0.6 is 0 Å². The molecule has 0 saturated heterocycles. The van der Waals surface area contributed by atoms with Gasteiger partial charge in [0.2, 0.25) is 5.76 Å². The second-order valence-electron chi connectivity index (χ2n) is 3.13. The van der Waals surface area contributed by atoms with Crippen molar-refractivity contribution in [3.8, 4) is 0 Å². The van der Waals surface area contributed by atoms with E-state index in [0.29, 0.717) is 12.4 Å². The van der Waals surface area contributed by atoms with Gasteiger partial charge in [-0.15, -0.1) is 0 Å². The van der Waals surface area contributed by atoms with Crippen LogP contribution in [0.15, 0.2) is 41.4 Å². The van der Waals surface area contributed by atoms with Gasteiger partial charge in [-0.25, -0.2) is 14.8 Å². The second-order valence-corrected chi connectivity index (χ2v) is 3.13. The lowest BCUT2D eigenvalue weighted by Crippen LogP contribution is -2.14. The molecule has 0 aliphatic heterocycles. The van der Waals surface area contributed by atoms with Crippen molar-refractivity contribution < 1.29 is 13.9 Å². The third-order valence-corrected chi connectivity index (χ3v) is 1.95. The van der Waals surface area contributed by atoms with Gasteiger partial charge < -0.3 is 14.5 Å². The number of furan rings is 1. The highest BCUT2D eigenvalue weighted by molar-refractivity contribution is 5.86. The van der Waals surface area contributed by atoms with Crippen LogP contribution in [0.4, 0.5) is 5.82 Å². The van der Waals surface area contributed by atoms with E-state index in [1.165, 1.54) is 12.6 Å². The van der Waals surface area contributed by atoms with Crippen LogP contribution in [0.25, 0.3) is 0 Å². The zero-order chi connectivity index (χ0) is 11.9. The third-order valence-electron chi connectivity index (χ3n) is 1.95. The maximum absolute atomic E-state index is 11.3. The lowest BCUT2D eigenvalue weighted by atomic mass is 10.4. The molecule has 0 saturated carbocycles. The molecule has 6 nitrogen and oxygen atoms in total. The number of hydrogen-bond donors (Lipinski definition) is 1. The number of anilines is 1. The summed E-state index contributed by atoms with van der Waals surface area (Å²) >= 11 is 0. The van der Waals surface area contributed by atoms with Gasteiger partial charge in [0.25, 0.3) is 0 Å². The van der Waals surface area contributed by atoms with Gasteiger partial charge in [-0.2, -0.15) is 0 Å². The summed E-state index contributed by atoms with van der Waals surface area (Å²) in [5, 5.41) is 2.99. The monoisotopic (exact) mass is 233 g/mol. The van der Waals surface area contributed by atoms with Crippen molar-refractivity contribution >= 4 is 11.8 Å². The molecule has 0 atom stereocenters. The summed E-state index contributed by atoms with van der Waals surface area (Å²) < 4.78 is 9.86. The highest BCUT2D eigenvalue weighted by atomic mass is 16.5. The van der Waals surface area contributed by atoms with Crippen molar-refractivity contribution in [2.75, 3.05) is 18.5 Å². The van der Waals surface area contributed by atoms with Crippen molar-refractivity contribution in [3.05, 3.63) is 42.7 Å². The Kier molecular flexibility index (Phi) is 3.69. The summed E-state index contributed by atoms with van der Waals surface area (Å²) in [7, 11) is 0. The molecule has 0 unspecified atom stereocenters. The molecular formula is C11H11N3O3. The molecule has 2 aromatic heterocycles. The van der Waals surface area contributed by atoms with E-state index in [-0.39, 0.29) is 12.4 Å². The molecule has 2 heterocycles. The molecule has 6 heteroatoms. The molecule has 0 aliphatic carbocycles.